The van der Waals surface area contributed by atoms with Gasteiger partial charge in [-0.3, -0.25) is 4.79 Å². The molecule has 0 saturated carbocycles. The number of aryl methyl sites for hydroxylation is 2. The van der Waals surface area contributed by atoms with Gasteiger partial charge in [-0.2, -0.15) is 0 Å². The number of carbonyl (C=O) groups excluding carboxylic acids is 1. The van der Waals surface area contributed by atoms with Gasteiger partial charge in [0.15, 0.2) is 0 Å². The fourth-order valence-corrected chi connectivity index (χ4v) is 2.62. The number of aromatic nitrogens is 1. The van der Waals surface area contributed by atoms with Crippen LogP contribution in [0.4, 0.5) is 0 Å². The zero-order valence-corrected chi connectivity index (χ0v) is 15.2. The van der Waals surface area contributed by atoms with E-state index in [1.54, 1.807) is 31.4 Å². The highest BCUT2D eigenvalue weighted by Gasteiger charge is 2.12. The van der Waals surface area contributed by atoms with Crippen LogP contribution in [0, 0.1) is 13.8 Å². The molecule has 0 fully saturated rings. The van der Waals surface area contributed by atoms with E-state index in [1.165, 1.54) is 5.56 Å². The molecule has 0 aliphatic heterocycles. The predicted molar refractivity (Wildman–Crippen MR) is 100 cm³/mol. The molecule has 5 nitrogen and oxygen atoms in total. The van der Waals surface area contributed by atoms with Crippen molar-refractivity contribution in [3.63, 3.8) is 0 Å². The van der Waals surface area contributed by atoms with E-state index in [0.29, 0.717) is 24.4 Å². The Labute approximate surface area is 153 Å². The monoisotopic (exact) mass is 350 g/mol. The molecule has 5 heteroatoms. The fraction of sp³-hybridized carbons (Fsp3) is 0.238. The number of rotatable bonds is 6. The van der Waals surface area contributed by atoms with Crippen molar-refractivity contribution in [1.82, 2.24) is 10.3 Å². The Morgan fingerprint density at radius 1 is 1.08 bits per heavy atom. The summed E-state index contributed by atoms with van der Waals surface area (Å²) < 4.78 is 10.9. The lowest BCUT2D eigenvalue weighted by Crippen LogP contribution is -2.25. The molecule has 1 aromatic heterocycles. The molecule has 3 aromatic rings. The van der Waals surface area contributed by atoms with E-state index in [1.807, 2.05) is 38.1 Å². The minimum Gasteiger partial charge on any atom is -0.497 e. The highest BCUT2D eigenvalue weighted by molar-refractivity contribution is 5.94. The number of nitrogens with zero attached hydrogens (tertiary/aromatic N) is 1. The molecular weight excluding hydrogens is 328 g/mol. The lowest BCUT2D eigenvalue weighted by atomic mass is 10.1. The van der Waals surface area contributed by atoms with Gasteiger partial charge >= 0.3 is 0 Å². The second-order valence-corrected chi connectivity index (χ2v) is 6.12. The zero-order chi connectivity index (χ0) is 18.5. The Hall–Kier alpha value is -3.08. The van der Waals surface area contributed by atoms with Crippen LogP contribution in [0.5, 0.6) is 5.75 Å². The van der Waals surface area contributed by atoms with Gasteiger partial charge in [0.1, 0.15) is 11.5 Å². The molecule has 3 rings (SSSR count). The molecule has 0 atom stereocenters. The number of carbonyl (C=O) groups is 1. The van der Waals surface area contributed by atoms with E-state index < -0.39 is 0 Å². The number of hydrogen-bond donors (Lipinski definition) is 1. The van der Waals surface area contributed by atoms with Crippen LogP contribution >= 0.6 is 0 Å². The third-order valence-corrected chi connectivity index (χ3v) is 4.19. The standard InChI is InChI=1S/C21H22N2O3/c1-14-4-6-17(7-5-14)21-23-19(15(2)26-21)12-13-22-20(24)16-8-10-18(25-3)11-9-16/h4-11H,12-13H2,1-3H3,(H,22,24). The molecule has 1 amide bonds. The quantitative estimate of drug-likeness (QED) is 0.731. The summed E-state index contributed by atoms with van der Waals surface area (Å²) >= 11 is 0. The van der Waals surface area contributed by atoms with Crippen molar-refractivity contribution in [2.24, 2.45) is 0 Å². The fourth-order valence-electron chi connectivity index (χ4n) is 2.62. The van der Waals surface area contributed by atoms with Crippen molar-refractivity contribution >= 4 is 5.91 Å². The number of methoxy groups -OCH3 is 1. The third kappa shape index (κ3) is 4.11. The summed E-state index contributed by atoms with van der Waals surface area (Å²) in [5, 5.41) is 2.91. The van der Waals surface area contributed by atoms with Gasteiger partial charge in [0.05, 0.1) is 12.8 Å². The summed E-state index contributed by atoms with van der Waals surface area (Å²) in [7, 11) is 1.60. The normalized spacial score (nSPS) is 10.6. The highest BCUT2D eigenvalue weighted by atomic mass is 16.5. The zero-order valence-electron chi connectivity index (χ0n) is 15.2. The Bertz CT molecular complexity index is 881. The lowest BCUT2D eigenvalue weighted by molar-refractivity contribution is 0.0954. The maximum Gasteiger partial charge on any atom is 0.251 e. The van der Waals surface area contributed by atoms with E-state index in [0.717, 1.165) is 22.8 Å². The van der Waals surface area contributed by atoms with Crippen molar-refractivity contribution in [3.05, 3.63) is 71.1 Å². The van der Waals surface area contributed by atoms with Gasteiger partial charge in [0, 0.05) is 24.1 Å². The average molecular weight is 350 g/mol. The summed E-state index contributed by atoms with van der Waals surface area (Å²) in [5.41, 5.74) is 3.60. The SMILES string of the molecule is COc1ccc(C(=O)NCCc2nc(-c3ccc(C)cc3)oc2C)cc1. The van der Waals surface area contributed by atoms with Crippen molar-refractivity contribution in [2.75, 3.05) is 13.7 Å². The number of nitrogens with one attached hydrogen (secondary N) is 1. The van der Waals surface area contributed by atoms with Crippen molar-refractivity contribution in [3.8, 4) is 17.2 Å². The molecule has 0 bridgehead atoms. The second-order valence-electron chi connectivity index (χ2n) is 6.12. The van der Waals surface area contributed by atoms with Gasteiger partial charge in [-0.15, -0.1) is 0 Å². The van der Waals surface area contributed by atoms with Crippen molar-refractivity contribution in [2.45, 2.75) is 20.3 Å². The molecule has 0 spiro atoms. The van der Waals surface area contributed by atoms with E-state index in [9.17, 15) is 4.79 Å². The van der Waals surface area contributed by atoms with Crippen LogP contribution in [0.15, 0.2) is 52.9 Å². The van der Waals surface area contributed by atoms with Crippen LogP contribution in [0.2, 0.25) is 0 Å². The molecular formula is C21H22N2O3. The number of benzene rings is 2. The molecule has 1 heterocycles. The molecule has 0 aliphatic rings. The van der Waals surface area contributed by atoms with Gasteiger partial charge < -0.3 is 14.5 Å². The first-order chi connectivity index (χ1) is 12.6. The Morgan fingerprint density at radius 3 is 2.42 bits per heavy atom. The average Bonchev–Trinajstić information content (AvgIpc) is 3.03. The summed E-state index contributed by atoms with van der Waals surface area (Å²) in [6, 6.07) is 15.1. The van der Waals surface area contributed by atoms with Gasteiger partial charge in [-0.05, 0) is 50.2 Å². The van der Waals surface area contributed by atoms with E-state index in [2.05, 4.69) is 10.3 Å². The van der Waals surface area contributed by atoms with Crippen LogP contribution in [-0.4, -0.2) is 24.5 Å². The first-order valence-electron chi connectivity index (χ1n) is 8.52. The van der Waals surface area contributed by atoms with Crippen LogP contribution in [0.3, 0.4) is 0 Å². The highest BCUT2D eigenvalue weighted by Crippen LogP contribution is 2.22. The Morgan fingerprint density at radius 2 is 1.77 bits per heavy atom. The minimum absolute atomic E-state index is 0.118. The topological polar surface area (TPSA) is 64.4 Å². The second kappa shape index (κ2) is 7.87. The van der Waals surface area contributed by atoms with Crippen LogP contribution in [-0.2, 0) is 6.42 Å². The maximum absolute atomic E-state index is 12.2. The van der Waals surface area contributed by atoms with Gasteiger partial charge in [0.25, 0.3) is 5.91 Å². The number of amides is 1. The molecule has 0 unspecified atom stereocenters. The minimum atomic E-state index is -0.118. The van der Waals surface area contributed by atoms with Crippen molar-refractivity contribution < 1.29 is 13.9 Å². The van der Waals surface area contributed by atoms with Gasteiger partial charge in [-0.1, -0.05) is 17.7 Å². The number of ether oxygens (including phenoxy) is 1. The van der Waals surface area contributed by atoms with E-state index in [4.69, 9.17) is 9.15 Å². The number of oxazole rings is 1. The summed E-state index contributed by atoms with van der Waals surface area (Å²) in [4.78, 5) is 16.7. The molecule has 1 N–H and O–H groups in total. The lowest BCUT2D eigenvalue weighted by Gasteiger charge is -2.05. The molecule has 0 radical (unpaired) electrons. The molecule has 2 aromatic carbocycles. The van der Waals surface area contributed by atoms with Crippen LogP contribution in [0.1, 0.15) is 27.4 Å². The summed E-state index contributed by atoms with van der Waals surface area (Å²) in [5.74, 6) is 1.99. The predicted octanol–water partition coefficient (Wildman–Crippen LogP) is 3.94. The van der Waals surface area contributed by atoms with Crippen LogP contribution < -0.4 is 10.1 Å². The molecule has 134 valence electrons. The smallest absolute Gasteiger partial charge is 0.251 e. The maximum atomic E-state index is 12.2. The largest absolute Gasteiger partial charge is 0.497 e. The van der Waals surface area contributed by atoms with E-state index in [-0.39, 0.29) is 5.91 Å². The van der Waals surface area contributed by atoms with Crippen molar-refractivity contribution in [1.29, 1.82) is 0 Å². The Balaban J connectivity index is 1.59. The summed E-state index contributed by atoms with van der Waals surface area (Å²) in [6.45, 7) is 4.43. The molecule has 0 saturated heterocycles. The number of hydrogen-bond acceptors (Lipinski definition) is 4. The van der Waals surface area contributed by atoms with Gasteiger partial charge in [0.2, 0.25) is 5.89 Å². The molecule has 26 heavy (non-hydrogen) atoms. The van der Waals surface area contributed by atoms with E-state index >= 15 is 0 Å². The van der Waals surface area contributed by atoms with Gasteiger partial charge in [-0.25, -0.2) is 4.98 Å². The third-order valence-electron chi connectivity index (χ3n) is 4.19. The summed E-state index contributed by atoms with van der Waals surface area (Å²) in [6.07, 6.45) is 0.614. The molecule has 0 aliphatic carbocycles. The first kappa shape index (κ1) is 17.7. The first-order valence-corrected chi connectivity index (χ1v) is 8.52. The Kier molecular flexibility index (Phi) is 5.37. The van der Waals surface area contributed by atoms with Crippen LogP contribution in [0.25, 0.3) is 11.5 Å².